The zero-order valence-electron chi connectivity index (χ0n) is 15.2. The molecule has 1 aliphatic rings. The monoisotopic (exact) mass is 396 g/mol. The van der Waals surface area contributed by atoms with Crippen LogP contribution in [0.25, 0.3) is 10.8 Å². The minimum absolute atomic E-state index is 0.134. The molecule has 28 heavy (non-hydrogen) atoms. The third-order valence-corrected chi connectivity index (χ3v) is 6.48. The molecule has 144 valence electrons. The summed E-state index contributed by atoms with van der Waals surface area (Å²) in [5.41, 5.74) is 1.09. The summed E-state index contributed by atoms with van der Waals surface area (Å²) in [6.07, 6.45) is 0.610. The molecule has 7 heteroatoms. The first-order valence-electron chi connectivity index (χ1n) is 9.03. The van der Waals surface area contributed by atoms with Crippen molar-refractivity contribution in [1.29, 1.82) is 0 Å². The van der Waals surface area contributed by atoms with E-state index in [1.165, 1.54) is 4.31 Å². The molecule has 6 nitrogen and oxygen atoms in total. The van der Waals surface area contributed by atoms with E-state index in [2.05, 4.69) is 5.32 Å². The van der Waals surface area contributed by atoms with Gasteiger partial charge in [-0.3, -0.25) is 9.10 Å². The maximum atomic E-state index is 12.2. The van der Waals surface area contributed by atoms with Gasteiger partial charge < -0.3 is 10.1 Å². The highest BCUT2D eigenvalue weighted by Gasteiger charge is 2.28. The van der Waals surface area contributed by atoms with E-state index in [4.69, 9.17) is 4.74 Å². The molecular weight excluding hydrogens is 376 g/mol. The molecule has 0 aromatic heterocycles. The average Bonchev–Trinajstić information content (AvgIpc) is 3.05. The van der Waals surface area contributed by atoms with Crippen molar-refractivity contribution in [2.75, 3.05) is 28.5 Å². The van der Waals surface area contributed by atoms with E-state index < -0.39 is 10.0 Å². The Morgan fingerprint density at radius 3 is 2.61 bits per heavy atom. The first-order chi connectivity index (χ1) is 13.5. The van der Waals surface area contributed by atoms with Crippen LogP contribution < -0.4 is 14.4 Å². The van der Waals surface area contributed by atoms with Gasteiger partial charge in [-0.15, -0.1) is 0 Å². The number of nitrogens with one attached hydrogen (secondary N) is 1. The number of nitrogens with zero attached hydrogens (tertiary/aromatic N) is 1. The van der Waals surface area contributed by atoms with Crippen LogP contribution in [-0.4, -0.2) is 33.2 Å². The Labute approximate surface area is 163 Å². The van der Waals surface area contributed by atoms with Crippen LogP contribution in [0.5, 0.6) is 5.75 Å². The summed E-state index contributed by atoms with van der Waals surface area (Å²) in [5.74, 6) is 0.462. The lowest BCUT2D eigenvalue weighted by molar-refractivity contribution is -0.118. The second-order valence-electron chi connectivity index (χ2n) is 6.64. The minimum atomic E-state index is -3.25. The zero-order valence-corrected chi connectivity index (χ0v) is 16.0. The standard InChI is InChI=1S/C21H20N2O4S/c24-21(15-27-20-10-9-16-5-1-2-6-17(16)13-20)22-18-7-3-8-19(14-18)23-11-4-12-28(23,25)26/h1-3,5-10,13-14H,4,11-12,15H2,(H,22,24). The van der Waals surface area contributed by atoms with Gasteiger partial charge in [-0.25, -0.2) is 8.42 Å². The number of hydrogen-bond acceptors (Lipinski definition) is 4. The average molecular weight is 396 g/mol. The van der Waals surface area contributed by atoms with Crippen molar-refractivity contribution in [1.82, 2.24) is 0 Å². The van der Waals surface area contributed by atoms with Gasteiger partial charge in [0.2, 0.25) is 10.0 Å². The second kappa shape index (κ2) is 7.52. The third-order valence-electron chi connectivity index (χ3n) is 4.61. The van der Waals surface area contributed by atoms with Gasteiger partial charge in [-0.2, -0.15) is 0 Å². The number of ether oxygens (including phenoxy) is 1. The van der Waals surface area contributed by atoms with Crippen molar-refractivity contribution < 1.29 is 17.9 Å². The second-order valence-corrected chi connectivity index (χ2v) is 8.65. The highest BCUT2D eigenvalue weighted by Crippen LogP contribution is 2.26. The Morgan fingerprint density at radius 2 is 1.82 bits per heavy atom. The van der Waals surface area contributed by atoms with Crippen molar-refractivity contribution in [2.45, 2.75) is 6.42 Å². The molecule has 1 saturated heterocycles. The Morgan fingerprint density at radius 1 is 1.00 bits per heavy atom. The Bertz CT molecular complexity index is 1130. The van der Waals surface area contributed by atoms with Crippen molar-refractivity contribution >= 4 is 38.1 Å². The fraction of sp³-hybridized carbons (Fsp3) is 0.190. The molecular formula is C21H20N2O4S. The number of sulfonamides is 1. The minimum Gasteiger partial charge on any atom is -0.484 e. The lowest BCUT2D eigenvalue weighted by Gasteiger charge is -2.17. The molecule has 0 radical (unpaired) electrons. The van der Waals surface area contributed by atoms with Gasteiger partial charge in [-0.1, -0.05) is 36.4 Å². The molecule has 3 aromatic rings. The Kier molecular flexibility index (Phi) is 4.92. The van der Waals surface area contributed by atoms with E-state index in [0.717, 1.165) is 10.8 Å². The third kappa shape index (κ3) is 3.94. The number of carbonyl (C=O) groups excluding carboxylic acids is 1. The first kappa shape index (κ1) is 18.3. The van der Waals surface area contributed by atoms with Gasteiger partial charge in [0.1, 0.15) is 5.75 Å². The van der Waals surface area contributed by atoms with Crippen LogP contribution in [-0.2, 0) is 14.8 Å². The summed E-state index contributed by atoms with van der Waals surface area (Å²) < 4.78 is 31.1. The summed E-state index contributed by atoms with van der Waals surface area (Å²) in [7, 11) is -3.25. The molecule has 0 atom stereocenters. The highest BCUT2D eigenvalue weighted by molar-refractivity contribution is 7.93. The lowest BCUT2D eigenvalue weighted by Crippen LogP contribution is -2.25. The molecule has 1 fully saturated rings. The maximum absolute atomic E-state index is 12.2. The van der Waals surface area contributed by atoms with Gasteiger partial charge >= 0.3 is 0 Å². The summed E-state index contributed by atoms with van der Waals surface area (Å²) in [4.78, 5) is 12.2. The Hall–Kier alpha value is -3.06. The van der Waals surface area contributed by atoms with Crippen molar-refractivity contribution in [3.05, 3.63) is 66.7 Å². The van der Waals surface area contributed by atoms with Crippen LogP contribution in [0.1, 0.15) is 6.42 Å². The summed E-state index contributed by atoms with van der Waals surface area (Å²) in [6, 6.07) is 20.4. The molecule has 1 N–H and O–H groups in total. The fourth-order valence-electron chi connectivity index (χ4n) is 3.27. The van der Waals surface area contributed by atoms with Crippen LogP contribution in [0.3, 0.4) is 0 Å². The zero-order chi connectivity index (χ0) is 19.6. The number of amides is 1. The molecule has 0 saturated carbocycles. The first-order valence-corrected chi connectivity index (χ1v) is 10.6. The van der Waals surface area contributed by atoms with Crippen LogP contribution in [0.2, 0.25) is 0 Å². The van der Waals surface area contributed by atoms with Gasteiger partial charge in [0.25, 0.3) is 5.91 Å². The number of fused-ring (bicyclic) bond motifs is 1. The summed E-state index contributed by atoms with van der Waals surface area (Å²) >= 11 is 0. The van der Waals surface area contributed by atoms with E-state index >= 15 is 0 Å². The highest BCUT2D eigenvalue weighted by atomic mass is 32.2. The lowest BCUT2D eigenvalue weighted by atomic mass is 10.1. The summed E-state index contributed by atoms with van der Waals surface area (Å²) in [5, 5.41) is 4.90. The molecule has 1 amide bonds. The topological polar surface area (TPSA) is 75.7 Å². The van der Waals surface area contributed by atoms with Crippen molar-refractivity contribution in [3.8, 4) is 5.75 Å². The largest absolute Gasteiger partial charge is 0.484 e. The number of hydrogen-bond donors (Lipinski definition) is 1. The van der Waals surface area contributed by atoms with Crippen molar-refractivity contribution in [3.63, 3.8) is 0 Å². The molecule has 0 unspecified atom stereocenters. The maximum Gasteiger partial charge on any atom is 0.262 e. The van der Waals surface area contributed by atoms with Gasteiger partial charge in [0.15, 0.2) is 6.61 Å². The van der Waals surface area contributed by atoms with Crippen molar-refractivity contribution in [2.24, 2.45) is 0 Å². The van der Waals surface area contributed by atoms with Crippen LogP contribution in [0.4, 0.5) is 11.4 Å². The number of carbonyl (C=O) groups is 1. The molecule has 0 bridgehead atoms. The molecule has 0 spiro atoms. The van der Waals surface area contributed by atoms with E-state index in [1.807, 2.05) is 42.5 Å². The molecule has 4 rings (SSSR count). The SMILES string of the molecule is O=C(COc1ccc2ccccc2c1)Nc1cccc(N2CCCS2(=O)=O)c1. The quantitative estimate of drug-likeness (QED) is 0.717. The molecule has 0 aliphatic carbocycles. The normalized spacial score (nSPS) is 15.5. The van der Waals surface area contributed by atoms with Crippen LogP contribution >= 0.6 is 0 Å². The smallest absolute Gasteiger partial charge is 0.262 e. The van der Waals surface area contributed by atoms with Crippen LogP contribution in [0.15, 0.2) is 66.7 Å². The number of anilines is 2. The molecule has 3 aromatic carbocycles. The number of rotatable bonds is 5. The predicted molar refractivity (Wildman–Crippen MR) is 110 cm³/mol. The van der Waals surface area contributed by atoms with Crippen LogP contribution in [0, 0.1) is 0 Å². The molecule has 1 aliphatic heterocycles. The van der Waals surface area contributed by atoms with E-state index in [0.29, 0.717) is 30.1 Å². The molecule has 1 heterocycles. The summed E-state index contributed by atoms with van der Waals surface area (Å²) in [6.45, 7) is 0.329. The number of benzene rings is 3. The predicted octanol–water partition coefficient (Wildman–Crippen LogP) is 3.40. The van der Waals surface area contributed by atoms with Gasteiger partial charge in [0, 0.05) is 12.2 Å². The van der Waals surface area contributed by atoms with E-state index in [9.17, 15) is 13.2 Å². The van der Waals surface area contributed by atoms with Gasteiger partial charge in [-0.05, 0) is 47.5 Å². The van der Waals surface area contributed by atoms with Gasteiger partial charge in [0.05, 0.1) is 11.4 Å². The van der Waals surface area contributed by atoms with E-state index in [-0.39, 0.29) is 18.3 Å². The fourth-order valence-corrected chi connectivity index (χ4v) is 4.83. The Balaban J connectivity index is 1.40. The van der Waals surface area contributed by atoms with E-state index in [1.54, 1.807) is 24.3 Å².